The Morgan fingerprint density at radius 1 is 1.47 bits per heavy atom. The Kier molecular flexibility index (Phi) is 4.26. The van der Waals surface area contributed by atoms with Gasteiger partial charge in [0.05, 0.1) is 16.4 Å². The van der Waals surface area contributed by atoms with E-state index in [0.29, 0.717) is 5.92 Å². The van der Waals surface area contributed by atoms with Crippen molar-refractivity contribution in [2.24, 2.45) is 11.7 Å². The second-order valence-corrected chi connectivity index (χ2v) is 5.91. The van der Waals surface area contributed by atoms with Gasteiger partial charge < -0.3 is 5.73 Å². The molecule has 0 radical (unpaired) electrons. The van der Waals surface area contributed by atoms with Gasteiger partial charge in [0.25, 0.3) is 0 Å². The second-order valence-electron chi connectivity index (χ2n) is 5.05. The van der Waals surface area contributed by atoms with E-state index in [-0.39, 0.29) is 6.04 Å². The summed E-state index contributed by atoms with van der Waals surface area (Å²) in [5.41, 5.74) is 7.62. The lowest BCUT2D eigenvalue weighted by Gasteiger charge is -2.34. The first-order valence-electron chi connectivity index (χ1n) is 6.64. The molecule has 0 amide bonds. The van der Waals surface area contributed by atoms with Crippen LogP contribution in [0, 0.1) is 5.92 Å². The molecule has 0 saturated heterocycles. The lowest BCUT2D eigenvalue weighted by molar-refractivity contribution is 0.272. The molecule has 2 rings (SSSR count). The number of rotatable bonds is 3. The zero-order valence-corrected chi connectivity index (χ0v) is 12.3. The monoisotopic (exact) mass is 299 g/mol. The van der Waals surface area contributed by atoms with Crippen molar-refractivity contribution in [3.8, 4) is 0 Å². The molecule has 1 aliphatic rings. The molecule has 0 aliphatic heterocycles. The molecule has 0 aromatic carbocycles. The van der Waals surface area contributed by atoms with Gasteiger partial charge in [-0.25, -0.2) is 0 Å². The molecular weight excluding hydrogens is 278 g/mol. The predicted molar refractivity (Wildman–Crippen MR) is 73.9 cm³/mol. The lowest BCUT2D eigenvalue weighted by Crippen LogP contribution is -2.35. The molecule has 3 atom stereocenters. The highest BCUT2D eigenvalue weighted by molar-refractivity contribution is 9.10. The maximum atomic E-state index is 6.32. The molecule has 1 aliphatic carbocycles. The summed E-state index contributed by atoms with van der Waals surface area (Å²) < 4.78 is 3.21. The molecule has 4 heteroatoms. The van der Waals surface area contributed by atoms with Gasteiger partial charge in [-0.15, -0.1) is 0 Å². The van der Waals surface area contributed by atoms with E-state index in [4.69, 9.17) is 5.73 Å². The average molecular weight is 300 g/mol. The molecule has 0 spiro atoms. The molecule has 1 saturated carbocycles. The minimum atomic E-state index is 0.288. The van der Waals surface area contributed by atoms with Crippen molar-refractivity contribution in [3.63, 3.8) is 0 Å². The van der Waals surface area contributed by atoms with Crippen LogP contribution in [0.2, 0.25) is 0 Å². The normalized spacial score (nSPS) is 29.5. The van der Waals surface area contributed by atoms with Crippen molar-refractivity contribution < 1.29 is 0 Å². The number of halogens is 1. The third-order valence-electron chi connectivity index (χ3n) is 4.07. The van der Waals surface area contributed by atoms with Gasteiger partial charge in [-0.1, -0.05) is 13.3 Å². The fourth-order valence-corrected chi connectivity index (χ4v) is 3.55. The SMILES string of the molecule is CCC1CCC(N)C(c2c(Br)cnn2CC)C1. The van der Waals surface area contributed by atoms with Crippen LogP contribution < -0.4 is 5.73 Å². The van der Waals surface area contributed by atoms with Crippen LogP contribution in [0.15, 0.2) is 10.7 Å². The van der Waals surface area contributed by atoms with Gasteiger partial charge in [0.15, 0.2) is 0 Å². The topological polar surface area (TPSA) is 43.8 Å². The van der Waals surface area contributed by atoms with E-state index in [9.17, 15) is 0 Å². The first kappa shape index (κ1) is 13.1. The number of aryl methyl sites for hydroxylation is 1. The Hall–Kier alpha value is -0.350. The van der Waals surface area contributed by atoms with Crippen LogP contribution >= 0.6 is 15.9 Å². The Morgan fingerprint density at radius 3 is 2.88 bits per heavy atom. The molecule has 96 valence electrons. The van der Waals surface area contributed by atoms with Crippen LogP contribution in [0.3, 0.4) is 0 Å². The minimum absolute atomic E-state index is 0.288. The van der Waals surface area contributed by atoms with Crippen LogP contribution in [-0.4, -0.2) is 15.8 Å². The van der Waals surface area contributed by atoms with Crippen molar-refractivity contribution in [2.75, 3.05) is 0 Å². The second kappa shape index (κ2) is 5.53. The third kappa shape index (κ3) is 2.58. The zero-order valence-electron chi connectivity index (χ0n) is 10.7. The number of nitrogens with two attached hydrogens (primary N) is 1. The summed E-state index contributed by atoms with van der Waals surface area (Å²) in [5.74, 6) is 1.29. The summed E-state index contributed by atoms with van der Waals surface area (Å²) in [7, 11) is 0. The smallest absolute Gasteiger partial charge is 0.0635 e. The van der Waals surface area contributed by atoms with E-state index in [1.807, 2.05) is 6.20 Å². The fourth-order valence-electron chi connectivity index (χ4n) is 2.96. The van der Waals surface area contributed by atoms with E-state index in [0.717, 1.165) is 23.4 Å². The largest absolute Gasteiger partial charge is 0.327 e. The Labute approximate surface area is 112 Å². The summed E-state index contributed by atoms with van der Waals surface area (Å²) >= 11 is 3.62. The molecule has 3 unspecified atom stereocenters. The molecule has 1 fully saturated rings. The maximum Gasteiger partial charge on any atom is 0.0635 e. The minimum Gasteiger partial charge on any atom is -0.327 e. The molecule has 3 nitrogen and oxygen atoms in total. The number of hydrogen-bond acceptors (Lipinski definition) is 2. The molecular formula is C13H22BrN3. The highest BCUT2D eigenvalue weighted by Gasteiger charge is 2.31. The first-order chi connectivity index (χ1) is 8.17. The number of nitrogens with zero attached hydrogens (tertiary/aromatic N) is 2. The summed E-state index contributed by atoms with van der Waals surface area (Å²) in [5, 5.41) is 4.41. The van der Waals surface area contributed by atoms with Crippen LogP contribution in [0.5, 0.6) is 0 Å². The van der Waals surface area contributed by atoms with Gasteiger partial charge in [-0.3, -0.25) is 4.68 Å². The molecule has 17 heavy (non-hydrogen) atoms. The van der Waals surface area contributed by atoms with E-state index < -0.39 is 0 Å². The maximum absolute atomic E-state index is 6.32. The van der Waals surface area contributed by atoms with Gasteiger partial charge in [0.1, 0.15) is 0 Å². The van der Waals surface area contributed by atoms with Crippen LogP contribution in [0.4, 0.5) is 0 Å². The van der Waals surface area contributed by atoms with Gasteiger partial charge in [0, 0.05) is 18.5 Å². The third-order valence-corrected chi connectivity index (χ3v) is 4.68. The van der Waals surface area contributed by atoms with E-state index in [2.05, 4.69) is 39.6 Å². The molecule has 0 bridgehead atoms. The average Bonchev–Trinajstić information content (AvgIpc) is 2.71. The summed E-state index contributed by atoms with van der Waals surface area (Å²) in [6.07, 6.45) is 6.81. The van der Waals surface area contributed by atoms with Crippen LogP contribution in [0.25, 0.3) is 0 Å². The fraction of sp³-hybridized carbons (Fsp3) is 0.769. The quantitative estimate of drug-likeness (QED) is 0.931. The Bertz CT molecular complexity index is 375. The number of hydrogen-bond donors (Lipinski definition) is 1. The lowest BCUT2D eigenvalue weighted by atomic mass is 9.76. The molecule has 1 aromatic rings. The van der Waals surface area contributed by atoms with Gasteiger partial charge >= 0.3 is 0 Å². The van der Waals surface area contributed by atoms with Crippen molar-refractivity contribution in [1.82, 2.24) is 9.78 Å². The van der Waals surface area contributed by atoms with Crippen LogP contribution in [0.1, 0.15) is 51.1 Å². The molecule has 1 aromatic heterocycles. The van der Waals surface area contributed by atoms with Gasteiger partial charge in [-0.05, 0) is 48.0 Å². The molecule has 1 heterocycles. The highest BCUT2D eigenvalue weighted by atomic mass is 79.9. The zero-order chi connectivity index (χ0) is 12.4. The van der Waals surface area contributed by atoms with E-state index in [1.54, 1.807) is 0 Å². The van der Waals surface area contributed by atoms with Crippen molar-refractivity contribution in [1.29, 1.82) is 0 Å². The van der Waals surface area contributed by atoms with E-state index in [1.165, 1.54) is 25.0 Å². The first-order valence-corrected chi connectivity index (χ1v) is 7.43. The van der Waals surface area contributed by atoms with Gasteiger partial charge in [0.2, 0.25) is 0 Å². The van der Waals surface area contributed by atoms with E-state index >= 15 is 0 Å². The van der Waals surface area contributed by atoms with Crippen LogP contribution in [-0.2, 0) is 6.54 Å². The predicted octanol–water partition coefficient (Wildman–Crippen LogP) is 3.29. The van der Waals surface area contributed by atoms with Crippen molar-refractivity contribution >= 4 is 15.9 Å². The van der Waals surface area contributed by atoms with Gasteiger partial charge in [-0.2, -0.15) is 5.10 Å². The summed E-state index contributed by atoms with van der Waals surface area (Å²) in [4.78, 5) is 0. The summed E-state index contributed by atoms with van der Waals surface area (Å²) in [6, 6.07) is 0.288. The van der Waals surface area contributed by atoms with Crippen molar-refractivity contribution in [2.45, 2.75) is 58.0 Å². The molecule has 2 N–H and O–H groups in total. The highest BCUT2D eigenvalue weighted by Crippen LogP contribution is 2.39. The summed E-state index contributed by atoms with van der Waals surface area (Å²) in [6.45, 7) is 5.33. The Morgan fingerprint density at radius 2 is 2.24 bits per heavy atom. The standard InChI is InChI=1S/C13H22BrN3/c1-3-9-5-6-12(15)10(7-9)13-11(14)8-16-17(13)4-2/h8-10,12H,3-7,15H2,1-2H3. The Balaban J connectivity index is 2.26. The number of aromatic nitrogens is 2. The van der Waals surface area contributed by atoms with Crippen molar-refractivity contribution in [3.05, 3.63) is 16.4 Å².